The Morgan fingerprint density at radius 3 is 1.77 bits per heavy atom. The molecule has 0 aromatic rings. The maximum atomic E-state index is 11.7. The van der Waals surface area contributed by atoms with Crippen molar-refractivity contribution in [1.82, 2.24) is 10.6 Å². The van der Waals surface area contributed by atoms with Crippen molar-refractivity contribution in [1.29, 1.82) is 0 Å². The summed E-state index contributed by atoms with van der Waals surface area (Å²) in [7, 11) is 0. The molecular weight excluding hydrogens is 725 g/mol. The number of alkyl carbamates (subject to hydrolysis) is 2. The van der Waals surface area contributed by atoms with E-state index >= 15 is 0 Å². The molecule has 0 unspecified atom stereocenters. The molecule has 2 amide bonds. The van der Waals surface area contributed by atoms with Crippen LogP contribution < -0.4 is 10.6 Å². The molecule has 4 N–H and O–H groups in total. The Bertz CT molecular complexity index is 696. The van der Waals surface area contributed by atoms with Crippen LogP contribution in [0.3, 0.4) is 0 Å². The molecule has 0 atom stereocenters. The Balaban J connectivity index is 3.29. The van der Waals surface area contributed by atoms with Gasteiger partial charge in [0.25, 0.3) is 0 Å². The van der Waals surface area contributed by atoms with Gasteiger partial charge in [-0.05, 0) is 0 Å². The minimum atomic E-state index is -0.470. The molecule has 0 heterocycles. The molecule has 0 spiro atoms. The Labute approximate surface area is 286 Å². The van der Waals surface area contributed by atoms with Crippen LogP contribution in [-0.4, -0.2) is 135 Å². The molecular formula is C21H40N4O10S8. The summed E-state index contributed by atoms with van der Waals surface area (Å²) in [5, 5.41) is 24.8. The lowest BCUT2D eigenvalue weighted by molar-refractivity contribution is -0.210. The topological polar surface area (TPSA) is 179 Å². The van der Waals surface area contributed by atoms with E-state index in [4.69, 9.17) is 39.2 Å². The van der Waals surface area contributed by atoms with E-state index in [1.807, 2.05) is 0 Å². The second kappa shape index (κ2) is 38.3. The van der Waals surface area contributed by atoms with E-state index in [0.717, 1.165) is 15.9 Å². The molecule has 0 saturated carbocycles. The summed E-state index contributed by atoms with van der Waals surface area (Å²) in [6, 6.07) is 0. The zero-order valence-corrected chi connectivity index (χ0v) is 30.0. The number of aliphatic hydroxyl groups is 2. The number of thioether (sulfide) groups is 8. The zero-order chi connectivity index (χ0) is 31.3. The van der Waals surface area contributed by atoms with Gasteiger partial charge < -0.3 is 40.1 Å². The first-order valence-corrected chi connectivity index (χ1v) is 21.6. The van der Waals surface area contributed by atoms with Crippen molar-refractivity contribution in [2.75, 3.05) is 100 Å². The van der Waals surface area contributed by atoms with Gasteiger partial charge in [-0.2, -0.15) is 33.3 Å². The minimum Gasteiger partial charge on any atom is -0.449 e. The Kier molecular flexibility index (Phi) is 38.4. The summed E-state index contributed by atoms with van der Waals surface area (Å²) in [4.78, 5) is 50.7. The van der Waals surface area contributed by atoms with Crippen LogP contribution in [-0.2, 0) is 29.0 Å². The van der Waals surface area contributed by atoms with Gasteiger partial charge in [0.1, 0.15) is 25.1 Å². The molecule has 43 heavy (non-hydrogen) atoms. The van der Waals surface area contributed by atoms with Gasteiger partial charge in [-0.15, -0.1) is 70.6 Å². The molecule has 0 aromatic heterocycles. The normalized spacial score (nSPS) is 11.2. The summed E-state index contributed by atoms with van der Waals surface area (Å²) in [6.07, 6.45) is 1.57. The van der Waals surface area contributed by atoms with Crippen LogP contribution in [0.4, 0.5) is 9.59 Å². The lowest BCUT2D eigenvalue weighted by Gasteiger charge is -2.06. The SMILES string of the molecule is O=C(NCSCSC/N=C/OOCSCSCOC(=O)NCSCSC/N=C\OOCCSCCO)OCCSCCO. The van der Waals surface area contributed by atoms with Gasteiger partial charge >= 0.3 is 12.2 Å². The van der Waals surface area contributed by atoms with Crippen molar-refractivity contribution >= 4 is 119 Å². The fraction of sp³-hybridized carbons (Fsp3) is 0.810. The molecule has 0 radical (unpaired) electrons. The third-order valence-electron chi connectivity index (χ3n) is 3.49. The largest absolute Gasteiger partial charge is 0.449 e. The van der Waals surface area contributed by atoms with Gasteiger partial charge in [-0.25, -0.2) is 19.6 Å². The van der Waals surface area contributed by atoms with Crippen molar-refractivity contribution in [3.63, 3.8) is 0 Å². The number of nitrogens with one attached hydrogen (secondary N) is 2. The summed E-state index contributed by atoms with van der Waals surface area (Å²) in [5.74, 6) is 5.15. The summed E-state index contributed by atoms with van der Waals surface area (Å²) in [6.45, 7) is 1.02. The first-order valence-electron chi connectivity index (χ1n) is 12.4. The van der Waals surface area contributed by atoms with Crippen LogP contribution in [0.25, 0.3) is 0 Å². The van der Waals surface area contributed by atoms with E-state index in [0.29, 0.717) is 65.0 Å². The van der Waals surface area contributed by atoms with Crippen molar-refractivity contribution in [3.05, 3.63) is 0 Å². The Morgan fingerprint density at radius 1 is 0.605 bits per heavy atom. The van der Waals surface area contributed by atoms with Gasteiger partial charge in [-0.1, -0.05) is 0 Å². The fourth-order valence-electron chi connectivity index (χ4n) is 1.84. The number of nitrogens with zero attached hydrogens (tertiary/aromatic N) is 2. The van der Waals surface area contributed by atoms with E-state index in [-0.39, 0.29) is 19.2 Å². The summed E-state index contributed by atoms with van der Waals surface area (Å²) >= 11 is 12.2. The molecule has 0 aliphatic rings. The first-order chi connectivity index (χ1) is 21.2. The van der Waals surface area contributed by atoms with E-state index in [2.05, 4.69) is 20.6 Å². The molecule has 0 aromatic carbocycles. The van der Waals surface area contributed by atoms with Crippen molar-refractivity contribution < 1.29 is 48.8 Å². The van der Waals surface area contributed by atoms with Crippen LogP contribution in [0.1, 0.15) is 0 Å². The number of aliphatic hydroxyl groups excluding tert-OH is 2. The lowest BCUT2D eigenvalue weighted by Crippen LogP contribution is -2.24. The quantitative estimate of drug-likeness (QED) is 0.0194. The number of ether oxygens (including phenoxy) is 2. The zero-order valence-electron chi connectivity index (χ0n) is 23.5. The minimum absolute atomic E-state index is 0.122. The second-order valence-corrected chi connectivity index (χ2v) is 16.0. The van der Waals surface area contributed by atoms with Crippen LogP contribution >= 0.6 is 94.1 Å². The average molecular weight is 765 g/mol. The number of aliphatic imine (C=N–C) groups is 2. The third kappa shape index (κ3) is 38.2. The van der Waals surface area contributed by atoms with Crippen molar-refractivity contribution in [2.45, 2.75) is 0 Å². The number of carbonyl (C=O) groups excluding carboxylic acids is 2. The number of carbonyl (C=O) groups is 2. The first kappa shape index (κ1) is 43.1. The molecule has 0 saturated heterocycles. The van der Waals surface area contributed by atoms with E-state index in [9.17, 15) is 9.59 Å². The molecule has 0 bridgehead atoms. The van der Waals surface area contributed by atoms with E-state index < -0.39 is 12.2 Å². The van der Waals surface area contributed by atoms with Gasteiger partial charge in [0.05, 0.1) is 36.7 Å². The monoisotopic (exact) mass is 764 g/mol. The van der Waals surface area contributed by atoms with Crippen LogP contribution in [0.15, 0.2) is 9.98 Å². The fourth-order valence-corrected chi connectivity index (χ4v) is 7.20. The molecule has 14 nitrogen and oxygen atoms in total. The smallest absolute Gasteiger partial charge is 0.408 e. The third-order valence-corrected chi connectivity index (χ3v) is 11.2. The summed E-state index contributed by atoms with van der Waals surface area (Å²) in [5.41, 5.74) is 0. The predicted molar refractivity (Wildman–Crippen MR) is 188 cm³/mol. The Hall–Kier alpha value is 0.120. The maximum Gasteiger partial charge on any atom is 0.408 e. The molecule has 0 aliphatic carbocycles. The highest BCUT2D eigenvalue weighted by atomic mass is 32.2. The molecule has 0 rings (SSSR count). The van der Waals surface area contributed by atoms with Gasteiger partial charge in [0.15, 0.2) is 0 Å². The molecule has 0 fully saturated rings. The highest BCUT2D eigenvalue weighted by molar-refractivity contribution is 8.16. The molecule has 252 valence electrons. The lowest BCUT2D eigenvalue weighted by atomic mass is 10.8. The van der Waals surface area contributed by atoms with Crippen LogP contribution in [0, 0.1) is 0 Å². The highest BCUT2D eigenvalue weighted by Crippen LogP contribution is 2.13. The van der Waals surface area contributed by atoms with E-state index in [1.165, 1.54) is 71.6 Å². The highest BCUT2D eigenvalue weighted by Gasteiger charge is 2.02. The Morgan fingerprint density at radius 2 is 1.14 bits per heavy atom. The van der Waals surface area contributed by atoms with Crippen molar-refractivity contribution in [2.24, 2.45) is 9.98 Å². The predicted octanol–water partition coefficient (Wildman–Crippen LogP) is 3.86. The molecule has 0 aliphatic heterocycles. The average Bonchev–Trinajstić information content (AvgIpc) is 3.00. The van der Waals surface area contributed by atoms with Crippen LogP contribution in [0.2, 0.25) is 0 Å². The molecule has 22 heteroatoms. The number of hydrogen-bond donors (Lipinski definition) is 4. The standard InChI is InChI=1S/C21H40N4O10S8/c26-1-5-36-7-3-30-20(28)24-13-40-17-39-12-23-10-34-35-16-43-19-42-15-31-21(29)25-14-41-18-38-11-22-9-33-32-4-8-37-6-2-27/h9-10,26-27H,1-8,11-19H2,(H,24,28)(H,25,29)/b22-9-,23-10+. The number of rotatable bonds is 32. The number of amides is 2. The summed E-state index contributed by atoms with van der Waals surface area (Å²) < 4.78 is 10.1. The van der Waals surface area contributed by atoms with Crippen molar-refractivity contribution in [3.8, 4) is 0 Å². The maximum absolute atomic E-state index is 11.7. The van der Waals surface area contributed by atoms with Gasteiger partial charge in [0, 0.05) is 38.3 Å². The van der Waals surface area contributed by atoms with E-state index in [1.54, 1.807) is 35.3 Å². The second-order valence-electron chi connectivity index (χ2n) is 6.66. The van der Waals surface area contributed by atoms with Crippen LogP contribution in [0.5, 0.6) is 0 Å². The number of hydrogen-bond acceptors (Lipinski definition) is 20. The van der Waals surface area contributed by atoms with Gasteiger partial charge in [0.2, 0.25) is 12.8 Å². The van der Waals surface area contributed by atoms with Gasteiger partial charge in [-0.3, -0.25) is 0 Å².